The molecule has 0 aromatic heterocycles. The Hall–Kier alpha value is -0.410. The summed E-state index contributed by atoms with van der Waals surface area (Å²) in [5.74, 6) is 0.400. The molecule has 0 aromatic carbocycles. The fourth-order valence-corrected chi connectivity index (χ4v) is 2.86. The van der Waals surface area contributed by atoms with E-state index in [0.717, 1.165) is 19.3 Å². The summed E-state index contributed by atoms with van der Waals surface area (Å²) < 4.78 is 5.40. The van der Waals surface area contributed by atoms with E-state index in [1.54, 1.807) is 7.11 Å². The highest BCUT2D eigenvalue weighted by molar-refractivity contribution is 5.88. The molecule has 106 valence electrons. The van der Waals surface area contributed by atoms with Gasteiger partial charge in [0.15, 0.2) is 5.78 Å². The number of nitrogens with zero attached hydrogens (tertiary/aromatic N) is 1. The van der Waals surface area contributed by atoms with Crippen LogP contribution in [-0.4, -0.2) is 43.0 Å². The molecule has 0 aliphatic heterocycles. The van der Waals surface area contributed by atoms with Crippen molar-refractivity contribution in [3.05, 3.63) is 0 Å². The zero-order chi connectivity index (χ0) is 13.8. The molecule has 0 heterocycles. The molecule has 1 rings (SSSR count). The first-order chi connectivity index (χ1) is 8.34. The first-order valence-electron chi connectivity index (χ1n) is 7.10. The first-order valence-corrected chi connectivity index (χ1v) is 7.10. The molecule has 0 aromatic rings. The fraction of sp³-hybridized carbons (Fsp3) is 0.933. The van der Waals surface area contributed by atoms with Crippen molar-refractivity contribution < 1.29 is 9.53 Å². The van der Waals surface area contributed by atoms with Crippen molar-refractivity contribution in [1.82, 2.24) is 4.90 Å². The van der Waals surface area contributed by atoms with Gasteiger partial charge in [0, 0.05) is 13.5 Å². The molecule has 18 heavy (non-hydrogen) atoms. The number of rotatable bonds is 6. The molecular formula is C15H29NO2. The van der Waals surface area contributed by atoms with Gasteiger partial charge < -0.3 is 4.74 Å². The van der Waals surface area contributed by atoms with Crippen LogP contribution in [0.4, 0.5) is 0 Å². The molecular weight excluding hydrogens is 226 g/mol. The van der Waals surface area contributed by atoms with Gasteiger partial charge in [-0.1, -0.05) is 19.3 Å². The third kappa shape index (κ3) is 3.55. The largest absolute Gasteiger partial charge is 0.379 e. The van der Waals surface area contributed by atoms with Gasteiger partial charge in [0.1, 0.15) is 0 Å². The normalized spacial score (nSPS) is 20.1. The summed E-state index contributed by atoms with van der Waals surface area (Å²) in [5.41, 5.74) is -0.403. The van der Waals surface area contributed by atoms with E-state index in [1.807, 2.05) is 27.9 Å². The molecule has 1 aliphatic carbocycles. The van der Waals surface area contributed by atoms with Crippen molar-refractivity contribution in [3.63, 3.8) is 0 Å². The van der Waals surface area contributed by atoms with Crippen LogP contribution < -0.4 is 0 Å². The Bertz CT molecular complexity index is 278. The van der Waals surface area contributed by atoms with E-state index < -0.39 is 0 Å². The Balaban J connectivity index is 2.66. The highest BCUT2D eigenvalue weighted by Crippen LogP contribution is 2.34. The second-order valence-corrected chi connectivity index (χ2v) is 6.37. The molecule has 0 spiro atoms. The number of methoxy groups -OCH3 is 1. The maximum Gasteiger partial charge on any atom is 0.153 e. The summed E-state index contributed by atoms with van der Waals surface area (Å²) in [4.78, 5) is 14.8. The van der Waals surface area contributed by atoms with Gasteiger partial charge in [0.25, 0.3) is 0 Å². The van der Waals surface area contributed by atoms with Crippen LogP contribution in [0.1, 0.15) is 58.8 Å². The van der Waals surface area contributed by atoms with E-state index in [2.05, 4.69) is 4.90 Å². The van der Waals surface area contributed by atoms with E-state index >= 15 is 0 Å². The number of carbonyl (C=O) groups is 1. The number of hydrogen-bond acceptors (Lipinski definition) is 3. The quantitative estimate of drug-likeness (QED) is 0.730. The molecule has 1 fully saturated rings. The topological polar surface area (TPSA) is 29.5 Å². The second-order valence-electron chi connectivity index (χ2n) is 6.37. The van der Waals surface area contributed by atoms with E-state index in [1.165, 1.54) is 19.3 Å². The summed E-state index contributed by atoms with van der Waals surface area (Å²) >= 11 is 0. The van der Waals surface area contributed by atoms with E-state index in [-0.39, 0.29) is 11.1 Å². The molecule has 0 bridgehead atoms. The van der Waals surface area contributed by atoms with Crippen LogP contribution in [0.5, 0.6) is 0 Å². The minimum absolute atomic E-state index is 0.197. The first kappa shape index (κ1) is 15.6. The van der Waals surface area contributed by atoms with Gasteiger partial charge in [-0.2, -0.15) is 0 Å². The lowest BCUT2D eigenvalue weighted by Gasteiger charge is -2.42. The van der Waals surface area contributed by atoms with Gasteiger partial charge in [-0.3, -0.25) is 9.69 Å². The molecule has 0 amide bonds. The van der Waals surface area contributed by atoms with Gasteiger partial charge in [-0.25, -0.2) is 0 Å². The van der Waals surface area contributed by atoms with Crippen molar-refractivity contribution in [2.24, 2.45) is 0 Å². The smallest absolute Gasteiger partial charge is 0.153 e. The molecule has 3 nitrogen and oxygen atoms in total. The summed E-state index contributed by atoms with van der Waals surface area (Å²) in [6.45, 7) is 4.09. The van der Waals surface area contributed by atoms with Crippen molar-refractivity contribution in [1.29, 1.82) is 0 Å². The Morgan fingerprint density at radius 3 is 2.22 bits per heavy atom. The predicted molar refractivity (Wildman–Crippen MR) is 74.8 cm³/mol. The summed E-state index contributed by atoms with van der Waals surface area (Å²) in [7, 11) is 5.81. The van der Waals surface area contributed by atoms with Crippen molar-refractivity contribution in [2.45, 2.75) is 69.9 Å². The Labute approximate surface area is 112 Å². The summed E-state index contributed by atoms with van der Waals surface area (Å²) in [5, 5.41) is 0. The molecule has 0 saturated heterocycles. The monoisotopic (exact) mass is 255 g/mol. The second kappa shape index (κ2) is 6.16. The van der Waals surface area contributed by atoms with Crippen LogP contribution >= 0.6 is 0 Å². The minimum Gasteiger partial charge on any atom is -0.379 e. The average molecular weight is 255 g/mol. The zero-order valence-corrected chi connectivity index (χ0v) is 12.7. The van der Waals surface area contributed by atoms with Crippen molar-refractivity contribution in [2.75, 3.05) is 21.2 Å². The van der Waals surface area contributed by atoms with E-state index in [4.69, 9.17) is 4.74 Å². The number of ether oxygens (including phenoxy) is 1. The van der Waals surface area contributed by atoms with E-state index in [0.29, 0.717) is 12.2 Å². The molecule has 0 radical (unpaired) electrons. The standard InChI is InChI=1S/C15H29NO2/c1-14(2,18-5)12-9-13(17)15(16(3)4)10-7-6-8-11-15/h6-12H2,1-5H3. The van der Waals surface area contributed by atoms with E-state index in [9.17, 15) is 4.79 Å². The third-order valence-electron chi connectivity index (χ3n) is 4.56. The van der Waals surface area contributed by atoms with Crippen LogP contribution in [0, 0.1) is 0 Å². The lowest BCUT2D eigenvalue weighted by atomic mass is 9.75. The van der Waals surface area contributed by atoms with Crippen LogP contribution in [0.3, 0.4) is 0 Å². The van der Waals surface area contributed by atoms with Gasteiger partial charge in [-0.05, 0) is 47.2 Å². The summed E-state index contributed by atoms with van der Waals surface area (Å²) in [6, 6.07) is 0. The number of likely N-dealkylation sites (N-methyl/N-ethyl adjacent to an activating group) is 1. The molecule has 1 saturated carbocycles. The highest BCUT2D eigenvalue weighted by atomic mass is 16.5. The number of hydrogen-bond donors (Lipinski definition) is 0. The lowest BCUT2D eigenvalue weighted by molar-refractivity contribution is -0.133. The van der Waals surface area contributed by atoms with Gasteiger partial charge in [-0.15, -0.1) is 0 Å². The molecule has 0 N–H and O–H groups in total. The molecule has 0 unspecified atom stereocenters. The Morgan fingerprint density at radius 1 is 1.22 bits per heavy atom. The van der Waals surface area contributed by atoms with Gasteiger partial charge in [0.05, 0.1) is 11.1 Å². The summed E-state index contributed by atoms with van der Waals surface area (Å²) in [6.07, 6.45) is 7.09. The maximum atomic E-state index is 12.6. The third-order valence-corrected chi connectivity index (χ3v) is 4.56. The maximum absolute atomic E-state index is 12.6. The number of Topliss-reactive ketones (excluding diaryl/α,β-unsaturated/α-hetero) is 1. The zero-order valence-electron chi connectivity index (χ0n) is 12.7. The SMILES string of the molecule is COC(C)(C)CCC(=O)C1(N(C)C)CCCCC1. The van der Waals surface area contributed by atoms with Crippen molar-refractivity contribution in [3.8, 4) is 0 Å². The minimum atomic E-state index is -0.206. The predicted octanol–water partition coefficient (Wildman–Crippen LogP) is 3.03. The Kier molecular flexibility index (Phi) is 5.35. The van der Waals surface area contributed by atoms with Crippen LogP contribution in [0.15, 0.2) is 0 Å². The highest BCUT2D eigenvalue weighted by Gasteiger charge is 2.41. The number of ketones is 1. The fourth-order valence-electron chi connectivity index (χ4n) is 2.86. The van der Waals surface area contributed by atoms with Gasteiger partial charge >= 0.3 is 0 Å². The molecule has 1 aliphatic rings. The van der Waals surface area contributed by atoms with Crippen LogP contribution in [0.25, 0.3) is 0 Å². The Morgan fingerprint density at radius 2 is 1.78 bits per heavy atom. The lowest BCUT2D eigenvalue weighted by Crippen LogP contribution is -2.52. The van der Waals surface area contributed by atoms with Crippen LogP contribution in [0.2, 0.25) is 0 Å². The average Bonchev–Trinajstić information content (AvgIpc) is 2.36. The van der Waals surface area contributed by atoms with Crippen LogP contribution in [-0.2, 0) is 9.53 Å². The molecule has 3 heteroatoms. The molecule has 0 atom stereocenters. The van der Waals surface area contributed by atoms with Crippen molar-refractivity contribution >= 4 is 5.78 Å². The van der Waals surface area contributed by atoms with Gasteiger partial charge in [0.2, 0.25) is 0 Å². The number of carbonyl (C=O) groups excluding carboxylic acids is 1.